The van der Waals surface area contributed by atoms with E-state index in [1.165, 1.54) is 0 Å². The van der Waals surface area contributed by atoms with Gasteiger partial charge in [-0.2, -0.15) is 5.26 Å². The zero-order valence-corrected chi connectivity index (χ0v) is 13.7. The number of nitrogens with one attached hydrogen (secondary N) is 1. The average molecular weight is 334 g/mol. The maximum Gasteiger partial charge on any atom is 0.274 e. The van der Waals surface area contributed by atoms with Gasteiger partial charge in [-0.3, -0.25) is 9.59 Å². The number of piperidine rings is 1. The molecule has 2 heterocycles. The third-order valence-corrected chi connectivity index (χ3v) is 4.12. The van der Waals surface area contributed by atoms with E-state index in [-0.39, 0.29) is 17.3 Å². The van der Waals surface area contributed by atoms with Crippen LogP contribution in [0.3, 0.4) is 0 Å². The molecule has 25 heavy (non-hydrogen) atoms. The summed E-state index contributed by atoms with van der Waals surface area (Å²) in [6, 6.07) is 13.4. The highest BCUT2D eigenvalue weighted by molar-refractivity contribution is 6.03. The average Bonchev–Trinajstić information content (AvgIpc) is 2.68. The Labute approximate surface area is 146 Å². The number of likely N-dealkylation sites (tertiary alicyclic amines) is 1. The van der Waals surface area contributed by atoms with Crippen molar-refractivity contribution >= 4 is 17.5 Å². The molecule has 1 N–H and O–H groups in total. The van der Waals surface area contributed by atoms with Gasteiger partial charge in [0.1, 0.15) is 11.4 Å². The molecular weight excluding hydrogens is 316 g/mol. The molecule has 0 saturated carbocycles. The van der Waals surface area contributed by atoms with Gasteiger partial charge in [-0.15, -0.1) is 0 Å². The molecule has 1 saturated heterocycles. The summed E-state index contributed by atoms with van der Waals surface area (Å²) in [6.45, 7) is 1.48. The maximum absolute atomic E-state index is 12.5. The van der Waals surface area contributed by atoms with E-state index in [1.54, 1.807) is 47.4 Å². The first-order chi connectivity index (χ1) is 12.2. The van der Waals surface area contributed by atoms with E-state index in [0.29, 0.717) is 11.3 Å². The Hall–Kier alpha value is -3.20. The molecule has 3 rings (SSSR count). The molecule has 0 unspecified atom stereocenters. The van der Waals surface area contributed by atoms with Crippen LogP contribution in [-0.2, 0) is 0 Å². The summed E-state index contributed by atoms with van der Waals surface area (Å²) in [4.78, 5) is 30.9. The number of hydrogen-bond donors (Lipinski definition) is 1. The maximum atomic E-state index is 12.5. The lowest BCUT2D eigenvalue weighted by Crippen LogP contribution is -2.36. The summed E-state index contributed by atoms with van der Waals surface area (Å²) in [5.74, 6) is -0.522. The van der Waals surface area contributed by atoms with Gasteiger partial charge in [-0.25, -0.2) is 4.98 Å². The van der Waals surface area contributed by atoms with Crippen molar-refractivity contribution in [3.05, 3.63) is 59.4 Å². The first kappa shape index (κ1) is 16.7. The largest absolute Gasteiger partial charge is 0.337 e. The van der Waals surface area contributed by atoms with Crippen molar-refractivity contribution in [2.45, 2.75) is 19.3 Å². The third kappa shape index (κ3) is 4.01. The van der Waals surface area contributed by atoms with Crippen molar-refractivity contribution < 1.29 is 9.59 Å². The van der Waals surface area contributed by atoms with Crippen LogP contribution in [0.15, 0.2) is 42.5 Å². The Morgan fingerprint density at radius 1 is 1.00 bits per heavy atom. The van der Waals surface area contributed by atoms with Crippen LogP contribution in [0.25, 0.3) is 0 Å². The van der Waals surface area contributed by atoms with Crippen LogP contribution in [0.5, 0.6) is 0 Å². The minimum Gasteiger partial charge on any atom is -0.337 e. The number of carbonyl (C=O) groups is 2. The summed E-state index contributed by atoms with van der Waals surface area (Å²) < 4.78 is 0. The predicted octanol–water partition coefficient (Wildman–Crippen LogP) is 2.83. The highest BCUT2D eigenvalue weighted by atomic mass is 16.2. The van der Waals surface area contributed by atoms with Gasteiger partial charge in [0, 0.05) is 18.8 Å². The summed E-state index contributed by atoms with van der Waals surface area (Å²) in [5, 5.41) is 11.5. The SMILES string of the molecule is N#Cc1ccc(NC(=O)c2cccc(C(=O)N3CCCCC3)n2)cc1. The minimum atomic E-state index is -0.391. The molecule has 1 aromatic carbocycles. The van der Waals surface area contributed by atoms with Crippen LogP contribution in [-0.4, -0.2) is 34.8 Å². The van der Waals surface area contributed by atoms with Crippen LogP contribution in [0.4, 0.5) is 5.69 Å². The summed E-state index contributed by atoms with van der Waals surface area (Å²) in [7, 11) is 0. The van der Waals surface area contributed by atoms with Crippen molar-refractivity contribution in [3.8, 4) is 6.07 Å². The first-order valence-corrected chi connectivity index (χ1v) is 8.25. The molecule has 1 aliphatic heterocycles. The normalized spacial score (nSPS) is 13.8. The molecule has 0 radical (unpaired) electrons. The number of nitriles is 1. The van der Waals surface area contributed by atoms with Gasteiger partial charge in [0.2, 0.25) is 0 Å². The molecule has 1 fully saturated rings. The van der Waals surface area contributed by atoms with Crippen LogP contribution < -0.4 is 5.32 Å². The second-order valence-corrected chi connectivity index (χ2v) is 5.90. The van der Waals surface area contributed by atoms with E-state index in [4.69, 9.17) is 5.26 Å². The van der Waals surface area contributed by atoms with Crippen LogP contribution in [0, 0.1) is 11.3 Å². The Kier molecular flexibility index (Phi) is 5.05. The standard InChI is InChI=1S/C19H18N4O2/c20-13-14-7-9-15(10-8-14)21-18(24)16-5-4-6-17(22-16)19(25)23-11-2-1-3-12-23/h4-10H,1-3,11-12H2,(H,21,24). The number of anilines is 1. The van der Waals surface area contributed by atoms with Gasteiger partial charge in [0.15, 0.2) is 0 Å². The number of aromatic nitrogens is 1. The van der Waals surface area contributed by atoms with E-state index >= 15 is 0 Å². The fourth-order valence-corrected chi connectivity index (χ4v) is 2.76. The first-order valence-electron chi connectivity index (χ1n) is 8.25. The van der Waals surface area contributed by atoms with Crippen molar-refractivity contribution in [3.63, 3.8) is 0 Å². The summed E-state index contributed by atoms with van der Waals surface area (Å²) >= 11 is 0. The fraction of sp³-hybridized carbons (Fsp3) is 0.263. The Balaban J connectivity index is 1.72. The third-order valence-electron chi connectivity index (χ3n) is 4.12. The second-order valence-electron chi connectivity index (χ2n) is 5.90. The molecule has 1 aliphatic rings. The van der Waals surface area contributed by atoms with E-state index in [9.17, 15) is 9.59 Å². The number of hydrogen-bond acceptors (Lipinski definition) is 4. The number of nitrogens with zero attached hydrogens (tertiary/aromatic N) is 3. The Morgan fingerprint density at radius 3 is 2.36 bits per heavy atom. The smallest absolute Gasteiger partial charge is 0.274 e. The predicted molar refractivity (Wildman–Crippen MR) is 93.1 cm³/mol. The van der Waals surface area contributed by atoms with Crippen LogP contribution >= 0.6 is 0 Å². The zero-order valence-electron chi connectivity index (χ0n) is 13.7. The molecular formula is C19H18N4O2. The number of amides is 2. The topological polar surface area (TPSA) is 86.1 Å². The van der Waals surface area contributed by atoms with Crippen molar-refractivity contribution in [1.29, 1.82) is 5.26 Å². The van der Waals surface area contributed by atoms with E-state index in [1.807, 2.05) is 6.07 Å². The summed E-state index contributed by atoms with van der Waals surface area (Å²) in [6.07, 6.45) is 3.15. The van der Waals surface area contributed by atoms with E-state index in [2.05, 4.69) is 10.3 Å². The molecule has 1 aromatic heterocycles. The molecule has 126 valence electrons. The lowest BCUT2D eigenvalue weighted by Gasteiger charge is -2.26. The monoisotopic (exact) mass is 334 g/mol. The van der Waals surface area contributed by atoms with Gasteiger partial charge in [-0.1, -0.05) is 6.07 Å². The molecule has 0 atom stereocenters. The number of carbonyl (C=O) groups excluding carboxylic acids is 2. The number of benzene rings is 1. The zero-order chi connectivity index (χ0) is 17.6. The minimum absolute atomic E-state index is 0.132. The van der Waals surface area contributed by atoms with Crippen LogP contribution in [0.1, 0.15) is 45.8 Å². The highest BCUT2D eigenvalue weighted by Crippen LogP contribution is 2.14. The van der Waals surface area contributed by atoms with Crippen molar-refractivity contribution in [2.24, 2.45) is 0 Å². The Bertz CT molecular complexity index is 818. The number of rotatable bonds is 3. The molecule has 6 heteroatoms. The fourth-order valence-electron chi connectivity index (χ4n) is 2.76. The van der Waals surface area contributed by atoms with Gasteiger partial charge in [0.25, 0.3) is 11.8 Å². The molecule has 0 bridgehead atoms. The molecule has 0 spiro atoms. The molecule has 2 aromatic rings. The molecule has 0 aliphatic carbocycles. The molecule has 2 amide bonds. The molecule has 6 nitrogen and oxygen atoms in total. The van der Waals surface area contributed by atoms with Crippen molar-refractivity contribution in [2.75, 3.05) is 18.4 Å². The lowest BCUT2D eigenvalue weighted by atomic mass is 10.1. The lowest BCUT2D eigenvalue weighted by molar-refractivity contribution is 0.0718. The highest BCUT2D eigenvalue weighted by Gasteiger charge is 2.20. The van der Waals surface area contributed by atoms with Crippen LogP contribution in [0.2, 0.25) is 0 Å². The quantitative estimate of drug-likeness (QED) is 0.935. The number of pyridine rings is 1. The van der Waals surface area contributed by atoms with E-state index in [0.717, 1.165) is 32.4 Å². The van der Waals surface area contributed by atoms with Gasteiger partial charge in [-0.05, 0) is 55.7 Å². The van der Waals surface area contributed by atoms with Gasteiger partial charge in [0.05, 0.1) is 11.6 Å². The Morgan fingerprint density at radius 2 is 1.68 bits per heavy atom. The van der Waals surface area contributed by atoms with E-state index < -0.39 is 5.91 Å². The van der Waals surface area contributed by atoms with Crippen molar-refractivity contribution in [1.82, 2.24) is 9.88 Å². The summed E-state index contributed by atoms with van der Waals surface area (Å²) in [5.41, 5.74) is 1.56. The van der Waals surface area contributed by atoms with Gasteiger partial charge >= 0.3 is 0 Å². The second kappa shape index (κ2) is 7.58. The van der Waals surface area contributed by atoms with Gasteiger partial charge < -0.3 is 10.2 Å².